The molecule has 0 amide bonds. The van der Waals surface area contributed by atoms with E-state index in [1.165, 1.54) is 23.7 Å². The summed E-state index contributed by atoms with van der Waals surface area (Å²) in [7, 11) is -3.17. The Morgan fingerprint density at radius 3 is 2.67 bits per heavy atom. The summed E-state index contributed by atoms with van der Waals surface area (Å²) in [5.41, 5.74) is 0.963. The van der Waals surface area contributed by atoms with Gasteiger partial charge in [-0.2, -0.15) is 4.37 Å². The Morgan fingerprint density at radius 2 is 1.93 bits per heavy atom. The highest BCUT2D eigenvalue weighted by molar-refractivity contribution is 7.89. The molecular formula is C18H25FN4O2S2. The first kappa shape index (κ1) is 20.2. The Kier molecular flexibility index (Phi) is 6.78. The predicted molar refractivity (Wildman–Crippen MR) is 106 cm³/mol. The molecule has 2 aromatic rings. The fourth-order valence-corrected chi connectivity index (χ4v) is 5.46. The first-order valence-electron chi connectivity index (χ1n) is 9.28. The van der Waals surface area contributed by atoms with Crippen LogP contribution in [0.3, 0.4) is 0 Å². The fourth-order valence-electron chi connectivity index (χ4n) is 3.05. The molecule has 27 heavy (non-hydrogen) atoms. The van der Waals surface area contributed by atoms with Crippen LogP contribution in [-0.2, 0) is 16.4 Å². The summed E-state index contributed by atoms with van der Waals surface area (Å²) in [6, 6.07) is 6.35. The maximum Gasteiger partial charge on any atom is 0.214 e. The van der Waals surface area contributed by atoms with E-state index in [0.29, 0.717) is 38.3 Å². The lowest BCUT2D eigenvalue weighted by atomic mass is 10.1. The first-order valence-corrected chi connectivity index (χ1v) is 11.7. The number of anilines is 1. The summed E-state index contributed by atoms with van der Waals surface area (Å²) < 4.78 is 43.9. The highest BCUT2D eigenvalue weighted by Crippen LogP contribution is 2.21. The molecule has 6 nitrogen and oxygen atoms in total. The van der Waals surface area contributed by atoms with Gasteiger partial charge in [-0.15, -0.1) is 0 Å². The third-order valence-corrected chi connectivity index (χ3v) is 7.38. The van der Waals surface area contributed by atoms with Crippen LogP contribution in [0.15, 0.2) is 24.3 Å². The summed E-state index contributed by atoms with van der Waals surface area (Å²) in [5.74, 6) is 0.677. The summed E-state index contributed by atoms with van der Waals surface area (Å²) in [5, 5.41) is 0.819. The summed E-state index contributed by atoms with van der Waals surface area (Å²) >= 11 is 1.33. The van der Waals surface area contributed by atoms with Gasteiger partial charge in [0.15, 0.2) is 0 Å². The number of aromatic nitrogens is 2. The van der Waals surface area contributed by atoms with Gasteiger partial charge in [0.2, 0.25) is 15.2 Å². The highest BCUT2D eigenvalue weighted by Gasteiger charge is 2.25. The molecule has 9 heteroatoms. The van der Waals surface area contributed by atoms with E-state index < -0.39 is 10.0 Å². The van der Waals surface area contributed by atoms with Gasteiger partial charge in [0.1, 0.15) is 11.6 Å². The van der Waals surface area contributed by atoms with Crippen LogP contribution < -0.4 is 4.90 Å². The quantitative estimate of drug-likeness (QED) is 0.700. The molecule has 0 atom stereocenters. The molecule has 1 aliphatic heterocycles. The summed E-state index contributed by atoms with van der Waals surface area (Å²) in [6.07, 6.45) is 2.91. The molecule has 1 aliphatic rings. The fraction of sp³-hybridized carbons (Fsp3) is 0.556. The monoisotopic (exact) mass is 412 g/mol. The van der Waals surface area contributed by atoms with Gasteiger partial charge in [0, 0.05) is 44.1 Å². The zero-order valence-corrected chi connectivity index (χ0v) is 17.1. The Balaban J connectivity index is 1.61. The molecule has 0 aliphatic carbocycles. The lowest BCUT2D eigenvalue weighted by Gasteiger charge is -2.21. The number of unbranched alkanes of at least 4 members (excludes halogenated alkanes) is 1. The van der Waals surface area contributed by atoms with Gasteiger partial charge < -0.3 is 4.90 Å². The standard InChI is InChI=1S/C18H25FN4O2S2/c1-2-3-13-27(24,25)23-10-4-9-22(11-12-23)18-20-17(21-26-18)14-15-5-7-16(19)8-6-15/h5-8H,2-4,9-14H2,1H3. The molecule has 148 valence electrons. The van der Waals surface area contributed by atoms with E-state index in [-0.39, 0.29) is 11.6 Å². The van der Waals surface area contributed by atoms with E-state index in [1.54, 1.807) is 16.4 Å². The van der Waals surface area contributed by atoms with Gasteiger partial charge in [-0.1, -0.05) is 25.5 Å². The van der Waals surface area contributed by atoms with E-state index in [0.717, 1.165) is 30.1 Å². The van der Waals surface area contributed by atoms with Gasteiger partial charge in [0.25, 0.3) is 0 Å². The maximum absolute atomic E-state index is 13.0. The third-order valence-electron chi connectivity index (χ3n) is 4.61. The number of rotatable bonds is 7. The van der Waals surface area contributed by atoms with Crippen molar-refractivity contribution < 1.29 is 12.8 Å². The maximum atomic E-state index is 13.0. The minimum atomic E-state index is -3.17. The Labute approximate surface area is 164 Å². The van der Waals surface area contributed by atoms with Crippen molar-refractivity contribution in [1.29, 1.82) is 0 Å². The molecule has 1 saturated heterocycles. The van der Waals surface area contributed by atoms with Crippen molar-refractivity contribution in [3.05, 3.63) is 41.5 Å². The normalized spacial score (nSPS) is 16.4. The van der Waals surface area contributed by atoms with Gasteiger partial charge >= 0.3 is 0 Å². The second-order valence-corrected chi connectivity index (χ2v) is 9.52. The summed E-state index contributed by atoms with van der Waals surface area (Å²) in [4.78, 5) is 6.71. The molecule has 0 bridgehead atoms. The van der Waals surface area contributed by atoms with Crippen molar-refractivity contribution in [2.24, 2.45) is 0 Å². The molecule has 1 aromatic carbocycles. The molecule has 1 fully saturated rings. The number of nitrogens with zero attached hydrogens (tertiary/aromatic N) is 4. The molecule has 0 spiro atoms. The van der Waals surface area contributed by atoms with Crippen LogP contribution in [0.25, 0.3) is 0 Å². The van der Waals surface area contributed by atoms with E-state index in [4.69, 9.17) is 0 Å². The Hall–Kier alpha value is -1.58. The Morgan fingerprint density at radius 1 is 1.15 bits per heavy atom. The summed E-state index contributed by atoms with van der Waals surface area (Å²) in [6.45, 7) is 4.43. The number of benzene rings is 1. The zero-order valence-electron chi connectivity index (χ0n) is 15.5. The van der Waals surface area contributed by atoms with Crippen molar-refractivity contribution in [3.63, 3.8) is 0 Å². The lowest BCUT2D eigenvalue weighted by Crippen LogP contribution is -2.36. The van der Waals surface area contributed by atoms with E-state index in [2.05, 4.69) is 14.3 Å². The lowest BCUT2D eigenvalue weighted by molar-refractivity contribution is 0.432. The molecular weight excluding hydrogens is 387 g/mol. The van der Waals surface area contributed by atoms with Crippen molar-refractivity contribution in [2.75, 3.05) is 36.8 Å². The SMILES string of the molecule is CCCCS(=O)(=O)N1CCCN(c2nc(Cc3ccc(F)cc3)ns2)CC1. The van der Waals surface area contributed by atoms with Gasteiger partial charge in [-0.05, 0) is 30.5 Å². The number of sulfonamides is 1. The number of hydrogen-bond acceptors (Lipinski definition) is 6. The second kappa shape index (κ2) is 9.07. The zero-order chi connectivity index (χ0) is 19.3. The molecule has 2 heterocycles. The van der Waals surface area contributed by atoms with E-state index >= 15 is 0 Å². The van der Waals surface area contributed by atoms with Gasteiger partial charge in [-0.25, -0.2) is 22.1 Å². The number of hydrogen-bond donors (Lipinski definition) is 0. The van der Waals surface area contributed by atoms with Crippen molar-refractivity contribution in [1.82, 2.24) is 13.7 Å². The topological polar surface area (TPSA) is 66.4 Å². The van der Waals surface area contributed by atoms with Crippen LogP contribution in [0, 0.1) is 5.82 Å². The van der Waals surface area contributed by atoms with Gasteiger partial charge in [-0.3, -0.25) is 0 Å². The molecule has 0 unspecified atom stereocenters. The predicted octanol–water partition coefficient (Wildman–Crippen LogP) is 2.91. The third kappa shape index (κ3) is 5.46. The molecule has 0 N–H and O–H groups in total. The van der Waals surface area contributed by atoms with Crippen LogP contribution in [0.2, 0.25) is 0 Å². The number of halogens is 1. The van der Waals surface area contributed by atoms with Crippen molar-refractivity contribution in [3.8, 4) is 0 Å². The van der Waals surface area contributed by atoms with Crippen molar-refractivity contribution >= 4 is 26.7 Å². The highest BCUT2D eigenvalue weighted by atomic mass is 32.2. The minimum Gasteiger partial charge on any atom is -0.345 e. The minimum absolute atomic E-state index is 0.226. The molecule has 0 radical (unpaired) electrons. The molecule has 1 aromatic heterocycles. The van der Waals surface area contributed by atoms with Crippen LogP contribution in [0.5, 0.6) is 0 Å². The van der Waals surface area contributed by atoms with Crippen LogP contribution in [0.4, 0.5) is 9.52 Å². The van der Waals surface area contributed by atoms with Gasteiger partial charge in [0.05, 0.1) is 5.75 Å². The van der Waals surface area contributed by atoms with Crippen LogP contribution in [-0.4, -0.2) is 54.0 Å². The van der Waals surface area contributed by atoms with Crippen molar-refractivity contribution in [2.45, 2.75) is 32.6 Å². The smallest absolute Gasteiger partial charge is 0.214 e. The molecule has 3 rings (SSSR count). The Bertz CT molecular complexity index is 839. The molecule has 0 saturated carbocycles. The average molecular weight is 413 g/mol. The first-order chi connectivity index (χ1) is 13.0. The van der Waals surface area contributed by atoms with E-state index in [9.17, 15) is 12.8 Å². The van der Waals surface area contributed by atoms with E-state index in [1.807, 2.05) is 6.92 Å². The van der Waals surface area contributed by atoms with Crippen LogP contribution in [0.1, 0.15) is 37.6 Å². The second-order valence-electron chi connectivity index (χ2n) is 6.71. The van der Waals surface area contributed by atoms with Crippen LogP contribution >= 0.6 is 11.5 Å². The average Bonchev–Trinajstić information content (AvgIpc) is 2.96. The largest absolute Gasteiger partial charge is 0.345 e.